The first-order valence-corrected chi connectivity index (χ1v) is 8.15. The van der Waals surface area contributed by atoms with E-state index < -0.39 is 0 Å². The van der Waals surface area contributed by atoms with Crippen molar-refractivity contribution in [2.24, 2.45) is 11.7 Å². The molecule has 1 aromatic rings. The molecule has 112 valence electrons. The summed E-state index contributed by atoms with van der Waals surface area (Å²) in [5.74, 6) is 0.627. The van der Waals surface area contributed by atoms with Crippen LogP contribution >= 0.6 is 15.9 Å². The number of likely N-dealkylation sites (tertiary alicyclic amines) is 1. The number of hydrogen-bond acceptors (Lipinski definition) is 3. The minimum absolute atomic E-state index is 0.116. The Morgan fingerprint density at radius 3 is 2.95 bits per heavy atom. The highest BCUT2D eigenvalue weighted by molar-refractivity contribution is 9.10. The molecular formula is C16H25BrN2O. The van der Waals surface area contributed by atoms with Crippen molar-refractivity contribution >= 4 is 15.9 Å². The molecule has 1 saturated heterocycles. The van der Waals surface area contributed by atoms with Crippen LogP contribution in [0.15, 0.2) is 28.7 Å². The van der Waals surface area contributed by atoms with E-state index in [1.807, 2.05) is 0 Å². The van der Waals surface area contributed by atoms with E-state index in [4.69, 9.17) is 10.5 Å². The van der Waals surface area contributed by atoms with E-state index in [-0.39, 0.29) is 12.1 Å². The monoisotopic (exact) mass is 340 g/mol. The van der Waals surface area contributed by atoms with Crippen LogP contribution in [0.3, 0.4) is 0 Å². The van der Waals surface area contributed by atoms with Crippen LogP contribution in [0, 0.1) is 5.92 Å². The topological polar surface area (TPSA) is 38.5 Å². The number of hydrogen-bond donors (Lipinski definition) is 1. The maximum absolute atomic E-state index is 6.28. The van der Waals surface area contributed by atoms with Crippen LogP contribution in [0.4, 0.5) is 0 Å². The fraction of sp³-hybridized carbons (Fsp3) is 0.625. The number of piperidine rings is 1. The Morgan fingerprint density at radius 1 is 1.50 bits per heavy atom. The molecule has 1 aliphatic heterocycles. The summed E-state index contributed by atoms with van der Waals surface area (Å²) in [4.78, 5) is 2.53. The first kappa shape index (κ1) is 16.0. The van der Waals surface area contributed by atoms with Crippen LogP contribution in [-0.2, 0) is 4.74 Å². The zero-order valence-electron chi connectivity index (χ0n) is 12.4. The molecule has 0 bridgehead atoms. The van der Waals surface area contributed by atoms with Crippen LogP contribution in [-0.4, -0.2) is 37.7 Å². The minimum atomic E-state index is 0.116. The Hall–Kier alpha value is -0.420. The van der Waals surface area contributed by atoms with E-state index in [0.717, 1.165) is 24.2 Å². The molecule has 4 heteroatoms. The molecule has 3 nitrogen and oxygen atoms in total. The fourth-order valence-electron chi connectivity index (χ4n) is 3.26. The Balaban J connectivity index is 2.16. The summed E-state index contributed by atoms with van der Waals surface area (Å²) < 4.78 is 6.45. The maximum Gasteiger partial charge on any atom is 0.0502 e. The molecule has 2 rings (SSSR count). The van der Waals surface area contributed by atoms with Gasteiger partial charge in [0.05, 0.1) is 6.61 Å². The Morgan fingerprint density at radius 2 is 2.30 bits per heavy atom. The number of methoxy groups -OCH3 is 1. The van der Waals surface area contributed by atoms with E-state index in [2.05, 4.69) is 52.0 Å². The molecule has 3 unspecified atom stereocenters. The van der Waals surface area contributed by atoms with Crippen molar-refractivity contribution in [2.45, 2.75) is 31.8 Å². The van der Waals surface area contributed by atoms with Gasteiger partial charge in [-0.3, -0.25) is 4.90 Å². The molecule has 0 saturated carbocycles. The molecule has 1 heterocycles. The SMILES string of the molecule is COCC1CCCN(C(c2cccc(Br)c2)C(C)N)C1. The fourth-order valence-corrected chi connectivity index (χ4v) is 3.68. The third-order valence-electron chi connectivity index (χ3n) is 4.03. The van der Waals surface area contributed by atoms with Crippen molar-refractivity contribution in [3.63, 3.8) is 0 Å². The quantitative estimate of drug-likeness (QED) is 0.894. The van der Waals surface area contributed by atoms with Crippen LogP contribution < -0.4 is 5.73 Å². The first-order valence-electron chi connectivity index (χ1n) is 7.36. The molecule has 0 amide bonds. The van der Waals surface area contributed by atoms with Crippen LogP contribution in [0.1, 0.15) is 31.4 Å². The molecule has 0 radical (unpaired) electrons. The average molecular weight is 341 g/mol. The van der Waals surface area contributed by atoms with E-state index >= 15 is 0 Å². The lowest BCUT2D eigenvalue weighted by Gasteiger charge is -2.40. The van der Waals surface area contributed by atoms with Crippen LogP contribution in [0.2, 0.25) is 0 Å². The summed E-state index contributed by atoms with van der Waals surface area (Å²) in [6.45, 7) is 5.15. The second kappa shape index (κ2) is 7.55. The molecule has 1 fully saturated rings. The minimum Gasteiger partial charge on any atom is -0.384 e. The number of halogens is 1. The molecular weight excluding hydrogens is 316 g/mol. The third kappa shape index (κ3) is 4.04. The maximum atomic E-state index is 6.28. The number of nitrogens with two attached hydrogens (primary N) is 1. The van der Waals surface area contributed by atoms with Gasteiger partial charge in [0.2, 0.25) is 0 Å². The molecule has 20 heavy (non-hydrogen) atoms. The Kier molecular flexibility index (Phi) is 6.02. The predicted molar refractivity (Wildman–Crippen MR) is 86.7 cm³/mol. The molecule has 3 atom stereocenters. The zero-order chi connectivity index (χ0) is 14.5. The largest absolute Gasteiger partial charge is 0.384 e. The third-order valence-corrected chi connectivity index (χ3v) is 4.53. The highest BCUT2D eigenvalue weighted by atomic mass is 79.9. The van der Waals surface area contributed by atoms with Crippen molar-refractivity contribution in [3.05, 3.63) is 34.3 Å². The van der Waals surface area contributed by atoms with Gasteiger partial charge in [-0.2, -0.15) is 0 Å². The van der Waals surface area contributed by atoms with Gasteiger partial charge in [-0.15, -0.1) is 0 Å². The lowest BCUT2D eigenvalue weighted by atomic mass is 9.92. The number of ether oxygens (including phenoxy) is 1. The Bertz CT molecular complexity index is 423. The summed E-state index contributed by atoms with van der Waals surface area (Å²) in [5.41, 5.74) is 7.58. The second-order valence-electron chi connectivity index (χ2n) is 5.82. The normalized spacial score (nSPS) is 23.5. The van der Waals surface area contributed by atoms with E-state index in [0.29, 0.717) is 5.92 Å². The van der Waals surface area contributed by atoms with Crippen molar-refractivity contribution in [3.8, 4) is 0 Å². The van der Waals surface area contributed by atoms with Gasteiger partial charge in [0.15, 0.2) is 0 Å². The highest BCUT2D eigenvalue weighted by Crippen LogP contribution is 2.30. The summed E-state index contributed by atoms with van der Waals surface area (Å²) in [7, 11) is 1.79. The molecule has 0 spiro atoms. The lowest BCUT2D eigenvalue weighted by Crippen LogP contribution is -2.45. The van der Waals surface area contributed by atoms with Gasteiger partial charge in [-0.1, -0.05) is 28.1 Å². The van der Waals surface area contributed by atoms with Crippen LogP contribution in [0.25, 0.3) is 0 Å². The summed E-state index contributed by atoms with van der Waals surface area (Å²) >= 11 is 3.56. The molecule has 0 aliphatic carbocycles. The van der Waals surface area contributed by atoms with Gasteiger partial charge in [0, 0.05) is 30.2 Å². The smallest absolute Gasteiger partial charge is 0.0502 e. The van der Waals surface area contributed by atoms with E-state index in [1.54, 1.807) is 7.11 Å². The number of nitrogens with zero attached hydrogens (tertiary/aromatic N) is 1. The lowest BCUT2D eigenvalue weighted by molar-refractivity contribution is 0.0618. The van der Waals surface area contributed by atoms with E-state index in [9.17, 15) is 0 Å². The summed E-state index contributed by atoms with van der Waals surface area (Å²) in [6.07, 6.45) is 2.49. The van der Waals surface area contributed by atoms with Gasteiger partial charge in [0.1, 0.15) is 0 Å². The highest BCUT2D eigenvalue weighted by Gasteiger charge is 2.29. The van der Waals surface area contributed by atoms with Gasteiger partial charge in [-0.05, 0) is 49.9 Å². The molecule has 1 aromatic carbocycles. The average Bonchev–Trinajstić information content (AvgIpc) is 2.39. The van der Waals surface area contributed by atoms with Gasteiger partial charge in [-0.25, -0.2) is 0 Å². The summed E-state index contributed by atoms with van der Waals surface area (Å²) in [6, 6.07) is 8.92. The number of benzene rings is 1. The zero-order valence-corrected chi connectivity index (χ0v) is 14.0. The summed E-state index contributed by atoms with van der Waals surface area (Å²) in [5, 5.41) is 0. The van der Waals surface area contributed by atoms with Gasteiger partial charge in [0.25, 0.3) is 0 Å². The van der Waals surface area contributed by atoms with Crippen molar-refractivity contribution in [2.75, 3.05) is 26.8 Å². The van der Waals surface area contributed by atoms with Gasteiger partial charge >= 0.3 is 0 Å². The first-order chi connectivity index (χ1) is 9.61. The predicted octanol–water partition coefficient (Wildman–Crippen LogP) is 3.20. The molecule has 2 N–H and O–H groups in total. The van der Waals surface area contributed by atoms with Crippen molar-refractivity contribution in [1.82, 2.24) is 4.90 Å². The molecule has 1 aliphatic rings. The van der Waals surface area contributed by atoms with Crippen molar-refractivity contribution < 1.29 is 4.74 Å². The van der Waals surface area contributed by atoms with E-state index in [1.165, 1.54) is 18.4 Å². The Labute approximate surface area is 130 Å². The van der Waals surface area contributed by atoms with Crippen molar-refractivity contribution in [1.29, 1.82) is 0 Å². The van der Waals surface area contributed by atoms with Gasteiger partial charge < -0.3 is 10.5 Å². The second-order valence-corrected chi connectivity index (χ2v) is 6.73. The molecule has 0 aromatic heterocycles. The number of rotatable bonds is 5. The standard InChI is InChI=1S/C16H25BrN2O/c1-12(18)16(14-6-3-7-15(17)9-14)19-8-4-5-13(10-19)11-20-2/h3,6-7,9,12-13,16H,4-5,8,10-11,18H2,1-2H3. The van der Waals surface area contributed by atoms with Crippen LogP contribution in [0.5, 0.6) is 0 Å².